The lowest BCUT2D eigenvalue weighted by atomic mass is 9.89. The molecule has 3 aromatic rings. The van der Waals surface area contributed by atoms with Crippen molar-refractivity contribution in [1.29, 1.82) is 0 Å². The van der Waals surface area contributed by atoms with E-state index in [0.717, 1.165) is 31.2 Å². The van der Waals surface area contributed by atoms with Crippen LogP contribution in [0.3, 0.4) is 0 Å². The summed E-state index contributed by atoms with van der Waals surface area (Å²) >= 11 is 6.41. The van der Waals surface area contributed by atoms with Gasteiger partial charge in [-0.15, -0.1) is 0 Å². The predicted molar refractivity (Wildman–Crippen MR) is 145 cm³/mol. The van der Waals surface area contributed by atoms with Gasteiger partial charge in [0.1, 0.15) is 0 Å². The number of sulfonamides is 1. The van der Waals surface area contributed by atoms with Crippen LogP contribution < -0.4 is 9.62 Å². The Morgan fingerprint density at radius 2 is 1.58 bits per heavy atom. The average molecular weight is 521 g/mol. The fourth-order valence-electron chi connectivity index (χ4n) is 5.17. The van der Waals surface area contributed by atoms with Crippen molar-refractivity contribution >= 4 is 38.8 Å². The van der Waals surface area contributed by atoms with Crippen LogP contribution in [-0.2, 0) is 21.4 Å². The van der Waals surface area contributed by atoms with Crippen molar-refractivity contribution in [1.82, 2.24) is 5.32 Å². The Bertz CT molecular complexity index is 1380. The molecule has 0 radical (unpaired) electrons. The van der Waals surface area contributed by atoms with Gasteiger partial charge in [0.2, 0.25) is 0 Å². The van der Waals surface area contributed by atoms with Crippen LogP contribution >= 0.6 is 11.6 Å². The van der Waals surface area contributed by atoms with Crippen LogP contribution in [0.1, 0.15) is 48.8 Å². The highest BCUT2D eigenvalue weighted by molar-refractivity contribution is 7.97. The second-order valence-corrected chi connectivity index (χ2v) is 11.7. The van der Waals surface area contributed by atoms with Crippen molar-refractivity contribution in [2.24, 2.45) is 5.92 Å². The second-order valence-electron chi connectivity index (χ2n) is 9.44. The molecule has 1 heterocycles. The summed E-state index contributed by atoms with van der Waals surface area (Å²) < 4.78 is 29.8. The molecule has 3 aromatic carbocycles. The summed E-state index contributed by atoms with van der Waals surface area (Å²) in [6, 6.07) is 23.8. The second kappa shape index (κ2) is 10.5. The normalized spacial score (nSPS) is 17.5. The number of carbonyl (C=O) groups is 1. The first kappa shape index (κ1) is 24.6. The molecule has 7 heteroatoms. The summed E-state index contributed by atoms with van der Waals surface area (Å²) in [5, 5.41) is 3.45. The molecule has 1 N–H and O–H groups in total. The first-order valence-corrected chi connectivity index (χ1v) is 14.2. The van der Waals surface area contributed by atoms with Gasteiger partial charge >= 0.3 is 0 Å². The number of halogens is 1. The zero-order chi connectivity index (χ0) is 25.1. The molecule has 0 unspecified atom stereocenters. The van der Waals surface area contributed by atoms with Crippen molar-refractivity contribution in [3.63, 3.8) is 0 Å². The Hall–Kier alpha value is -3.09. The minimum absolute atomic E-state index is 0.110. The molecular formula is C29H29ClN2O3S. The van der Waals surface area contributed by atoms with Gasteiger partial charge in [-0.1, -0.05) is 91.5 Å². The maximum absolute atomic E-state index is 14.2. The molecule has 36 heavy (non-hydrogen) atoms. The fourth-order valence-corrected chi connectivity index (χ4v) is 7.09. The number of anilines is 1. The topological polar surface area (TPSA) is 66.5 Å². The van der Waals surface area contributed by atoms with Crippen LogP contribution in [-0.4, -0.2) is 20.9 Å². The van der Waals surface area contributed by atoms with Gasteiger partial charge in [-0.25, -0.2) is 8.42 Å². The monoisotopic (exact) mass is 520 g/mol. The molecule has 0 bridgehead atoms. The Kier molecular flexibility index (Phi) is 7.17. The fraction of sp³-hybridized carbons (Fsp3) is 0.276. The number of rotatable bonds is 6. The van der Waals surface area contributed by atoms with Gasteiger partial charge in [-0.05, 0) is 48.1 Å². The van der Waals surface area contributed by atoms with Gasteiger partial charge in [-0.3, -0.25) is 9.10 Å². The molecule has 186 valence electrons. The van der Waals surface area contributed by atoms with E-state index in [1.54, 1.807) is 18.2 Å². The smallest absolute Gasteiger partial charge is 0.270 e. The Labute approximate surface area is 217 Å². The number of fused-ring (bicyclic) bond motifs is 1. The third kappa shape index (κ3) is 4.93. The number of carbonyl (C=O) groups excluding carboxylic acids is 1. The average Bonchev–Trinajstić information content (AvgIpc) is 2.90. The predicted octanol–water partition coefficient (Wildman–Crippen LogP) is 6.15. The number of nitrogens with zero attached hydrogens (tertiary/aromatic N) is 1. The highest BCUT2D eigenvalue weighted by Crippen LogP contribution is 2.44. The number of nitrogens with one attached hydrogen (secondary N) is 1. The van der Waals surface area contributed by atoms with E-state index in [9.17, 15) is 13.2 Å². The van der Waals surface area contributed by atoms with Gasteiger partial charge in [-0.2, -0.15) is 0 Å². The van der Waals surface area contributed by atoms with Crippen molar-refractivity contribution in [2.45, 2.75) is 38.6 Å². The van der Waals surface area contributed by atoms with E-state index in [1.807, 2.05) is 60.7 Å². The molecule has 0 atom stereocenters. The van der Waals surface area contributed by atoms with Crippen LogP contribution in [0, 0.1) is 5.92 Å². The van der Waals surface area contributed by atoms with Crippen LogP contribution in [0.2, 0.25) is 5.02 Å². The highest BCUT2D eigenvalue weighted by Gasteiger charge is 2.41. The molecule has 1 fully saturated rings. The van der Waals surface area contributed by atoms with E-state index in [0.29, 0.717) is 39.9 Å². The minimum Gasteiger partial charge on any atom is -0.351 e. The molecule has 0 aromatic heterocycles. The minimum atomic E-state index is -4.18. The third-order valence-corrected chi connectivity index (χ3v) is 9.03. The number of benzene rings is 3. The first-order valence-electron chi connectivity index (χ1n) is 12.4. The molecule has 2 aliphatic rings. The summed E-state index contributed by atoms with van der Waals surface area (Å²) in [6.07, 6.45) is 5.61. The summed E-state index contributed by atoms with van der Waals surface area (Å²) in [6.45, 7) is 0.584. The van der Waals surface area contributed by atoms with Crippen LogP contribution in [0.4, 0.5) is 5.69 Å². The maximum Gasteiger partial charge on any atom is 0.270 e. The van der Waals surface area contributed by atoms with E-state index in [-0.39, 0.29) is 11.4 Å². The quantitative estimate of drug-likeness (QED) is 0.424. The zero-order valence-electron chi connectivity index (χ0n) is 20.0. The van der Waals surface area contributed by atoms with Crippen molar-refractivity contribution < 1.29 is 13.2 Å². The van der Waals surface area contributed by atoms with E-state index >= 15 is 0 Å². The largest absolute Gasteiger partial charge is 0.351 e. The summed E-state index contributed by atoms with van der Waals surface area (Å²) in [5.41, 5.74) is 3.01. The molecule has 1 amide bonds. The summed E-state index contributed by atoms with van der Waals surface area (Å²) in [7, 11) is -4.18. The molecule has 0 saturated heterocycles. The highest BCUT2D eigenvalue weighted by atomic mass is 35.5. The van der Waals surface area contributed by atoms with E-state index < -0.39 is 15.9 Å². The Balaban J connectivity index is 1.65. The molecular weight excluding hydrogens is 492 g/mol. The maximum atomic E-state index is 14.2. The zero-order valence-corrected chi connectivity index (χ0v) is 21.6. The van der Waals surface area contributed by atoms with Crippen LogP contribution in [0.25, 0.3) is 5.57 Å². The number of hydrogen-bond donors (Lipinski definition) is 1. The summed E-state index contributed by atoms with van der Waals surface area (Å²) in [5.74, 6) is -0.194. The molecule has 5 nitrogen and oxygen atoms in total. The molecule has 5 rings (SSSR count). The lowest BCUT2D eigenvalue weighted by molar-refractivity contribution is -0.117. The third-order valence-electron chi connectivity index (χ3n) is 6.99. The van der Waals surface area contributed by atoms with E-state index in [1.165, 1.54) is 10.7 Å². The standard InChI is InChI=1S/C29H29ClN2O3S/c30-24-16-17-26-25(18-24)27(23-14-8-3-9-15-23)28(29(33)31-19-21-10-4-1-5-11-21)36(34,35)32(26)20-22-12-6-2-7-13-22/h2-3,6-9,12-18,21H,1,4-5,10-11,19-20H2,(H,31,33). The Morgan fingerprint density at radius 1 is 0.917 bits per heavy atom. The van der Waals surface area contributed by atoms with Crippen LogP contribution in [0.5, 0.6) is 0 Å². The van der Waals surface area contributed by atoms with Gasteiger partial charge in [0.25, 0.3) is 15.9 Å². The van der Waals surface area contributed by atoms with E-state index in [4.69, 9.17) is 11.6 Å². The van der Waals surface area contributed by atoms with Crippen molar-refractivity contribution in [3.8, 4) is 0 Å². The lowest BCUT2D eigenvalue weighted by Gasteiger charge is -2.34. The molecule has 0 spiro atoms. The van der Waals surface area contributed by atoms with Gasteiger partial charge < -0.3 is 5.32 Å². The van der Waals surface area contributed by atoms with Gasteiger partial charge in [0.15, 0.2) is 4.91 Å². The van der Waals surface area contributed by atoms with Gasteiger partial charge in [0, 0.05) is 22.7 Å². The Morgan fingerprint density at radius 3 is 2.28 bits per heavy atom. The number of hydrogen-bond acceptors (Lipinski definition) is 3. The first-order chi connectivity index (χ1) is 17.4. The summed E-state index contributed by atoms with van der Waals surface area (Å²) in [4.78, 5) is 13.5. The van der Waals surface area contributed by atoms with Crippen molar-refractivity contribution in [3.05, 3.63) is 105 Å². The SMILES string of the molecule is O=C(NCC1CCCCC1)C1=C(c2ccccc2)c2cc(Cl)ccc2N(Cc2ccccc2)S1(=O)=O. The number of amides is 1. The molecule has 1 saturated carbocycles. The molecule has 1 aliphatic heterocycles. The van der Waals surface area contributed by atoms with Crippen LogP contribution in [0.15, 0.2) is 83.8 Å². The van der Waals surface area contributed by atoms with E-state index in [2.05, 4.69) is 5.32 Å². The molecule has 1 aliphatic carbocycles. The van der Waals surface area contributed by atoms with Gasteiger partial charge in [0.05, 0.1) is 12.2 Å². The lowest BCUT2D eigenvalue weighted by Crippen LogP contribution is -2.42. The van der Waals surface area contributed by atoms with Crippen molar-refractivity contribution in [2.75, 3.05) is 10.8 Å².